The molecule has 2 aromatic carbocycles. The topological polar surface area (TPSA) is 49.9 Å². The van der Waals surface area contributed by atoms with E-state index in [9.17, 15) is 0 Å². The van der Waals surface area contributed by atoms with Crippen LogP contribution in [0.15, 0.2) is 48.7 Å². The summed E-state index contributed by atoms with van der Waals surface area (Å²) in [4.78, 5) is 0. The normalized spacial score (nSPS) is 12.3. The van der Waals surface area contributed by atoms with Crippen molar-refractivity contribution in [2.45, 2.75) is 13.0 Å². The molecule has 0 aliphatic heterocycles. The van der Waals surface area contributed by atoms with Crippen LogP contribution in [0.5, 0.6) is 5.75 Å². The van der Waals surface area contributed by atoms with E-state index >= 15 is 0 Å². The smallest absolute Gasteiger partial charge is 0.124 e. The number of aromatic amines is 1. The summed E-state index contributed by atoms with van der Waals surface area (Å²) >= 11 is 0. The van der Waals surface area contributed by atoms with E-state index in [0.717, 1.165) is 27.9 Å². The van der Waals surface area contributed by atoms with Crippen molar-refractivity contribution in [3.05, 3.63) is 54.2 Å². The lowest BCUT2D eigenvalue weighted by Gasteiger charge is -2.18. The van der Waals surface area contributed by atoms with E-state index in [4.69, 9.17) is 4.74 Å². The standard InChI is InChI=1S/C16H17N3O/c1-11(14-5-3-4-6-16(14)20-2)18-13-7-8-15-12(9-13)10-17-19-15/h3-11,18H,1-2H3,(H,17,19). The van der Waals surface area contributed by atoms with Crippen LogP contribution in [0, 0.1) is 0 Å². The molecule has 0 radical (unpaired) electrons. The van der Waals surface area contributed by atoms with Crippen LogP contribution in [0.4, 0.5) is 5.69 Å². The lowest BCUT2D eigenvalue weighted by Crippen LogP contribution is -2.07. The first-order valence-electron chi connectivity index (χ1n) is 6.60. The molecule has 2 N–H and O–H groups in total. The largest absolute Gasteiger partial charge is 0.496 e. The van der Waals surface area contributed by atoms with E-state index < -0.39 is 0 Å². The Kier molecular flexibility index (Phi) is 3.29. The second-order valence-electron chi connectivity index (χ2n) is 4.78. The predicted molar refractivity (Wildman–Crippen MR) is 81.1 cm³/mol. The third kappa shape index (κ3) is 2.32. The van der Waals surface area contributed by atoms with Crippen LogP contribution in [-0.4, -0.2) is 17.3 Å². The third-order valence-corrected chi connectivity index (χ3v) is 3.43. The number of fused-ring (bicyclic) bond motifs is 1. The number of H-pyrrole nitrogens is 1. The van der Waals surface area contributed by atoms with Crippen LogP contribution >= 0.6 is 0 Å². The van der Waals surface area contributed by atoms with Crippen molar-refractivity contribution in [1.82, 2.24) is 10.2 Å². The molecule has 1 unspecified atom stereocenters. The van der Waals surface area contributed by atoms with Gasteiger partial charge >= 0.3 is 0 Å². The summed E-state index contributed by atoms with van der Waals surface area (Å²) in [7, 11) is 1.70. The van der Waals surface area contributed by atoms with Gasteiger partial charge in [0, 0.05) is 16.6 Å². The number of anilines is 1. The Hall–Kier alpha value is -2.49. The van der Waals surface area contributed by atoms with Gasteiger partial charge < -0.3 is 10.1 Å². The van der Waals surface area contributed by atoms with Crippen molar-refractivity contribution in [2.75, 3.05) is 12.4 Å². The molecule has 0 saturated heterocycles. The Balaban J connectivity index is 1.86. The number of aromatic nitrogens is 2. The van der Waals surface area contributed by atoms with Crippen molar-refractivity contribution in [1.29, 1.82) is 0 Å². The molecule has 1 aromatic heterocycles. The highest BCUT2D eigenvalue weighted by molar-refractivity contribution is 5.81. The molecule has 0 spiro atoms. The Morgan fingerprint density at radius 3 is 2.90 bits per heavy atom. The molecule has 0 saturated carbocycles. The molecule has 4 heteroatoms. The first-order valence-corrected chi connectivity index (χ1v) is 6.60. The maximum atomic E-state index is 5.41. The molecule has 20 heavy (non-hydrogen) atoms. The first kappa shape index (κ1) is 12.5. The van der Waals surface area contributed by atoms with Gasteiger partial charge in [0.1, 0.15) is 5.75 Å². The van der Waals surface area contributed by atoms with Crippen molar-refractivity contribution in [3.8, 4) is 5.75 Å². The number of nitrogens with zero attached hydrogens (tertiary/aromatic N) is 1. The zero-order valence-corrected chi connectivity index (χ0v) is 11.6. The Bertz CT molecular complexity index is 720. The Morgan fingerprint density at radius 2 is 2.05 bits per heavy atom. The molecule has 4 nitrogen and oxygen atoms in total. The van der Waals surface area contributed by atoms with Gasteiger partial charge in [-0.15, -0.1) is 0 Å². The molecule has 0 bridgehead atoms. The van der Waals surface area contributed by atoms with Crippen molar-refractivity contribution < 1.29 is 4.74 Å². The van der Waals surface area contributed by atoms with Gasteiger partial charge in [0.25, 0.3) is 0 Å². The molecule has 0 amide bonds. The lowest BCUT2D eigenvalue weighted by molar-refractivity contribution is 0.408. The van der Waals surface area contributed by atoms with E-state index in [-0.39, 0.29) is 6.04 Å². The number of para-hydroxylation sites is 1. The summed E-state index contributed by atoms with van der Waals surface area (Å²) in [6.45, 7) is 2.12. The monoisotopic (exact) mass is 267 g/mol. The van der Waals surface area contributed by atoms with Gasteiger partial charge in [-0.05, 0) is 31.2 Å². The minimum atomic E-state index is 0.163. The predicted octanol–water partition coefficient (Wildman–Crippen LogP) is 3.74. The number of nitrogens with one attached hydrogen (secondary N) is 2. The van der Waals surface area contributed by atoms with Crippen molar-refractivity contribution >= 4 is 16.6 Å². The summed E-state index contributed by atoms with van der Waals surface area (Å²) in [5.41, 5.74) is 3.25. The minimum Gasteiger partial charge on any atom is -0.496 e. The highest BCUT2D eigenvalue weighted by Gasteiger charge is 2.10. The van der Waals surface area contributed by atoms with Crippen LogP contribution in [0.25, 0.3) is 10.9 Å². The fraction of sp³-hybridized carbons (Fsp3) is 0.188. The van der Waals surface area contributed by atoms with Crippen LogP contribution in [-0.2, 0) is 0 Å². The second kappa shape index (κ2) is 5.25. The first-order chi connectivity index (χ1) is 9.78. The average molecular weight is 267 g/mol. The number of hydrogen-bond acceptors (Lipinski definition) is 3. The number of benzene rings is 2. The van der Waals surface area contributed by atoms with E-state index in [0.29, 0.717) is 0 Å². The fourth-order valence-corrected chi connectivity index (χ4v) is 2.38. The zero-order chi connectivity index (χ0) is 13.9. The molecule has 0 aliphatic rings. The summed E-state index contributed by atoms with van der Waals surface area (Å²) < 4.78 is 5.41. The quantitative estimate of drug-likeness (QED) is 0.757. The molecule has 3 rings (SSSR count). The Labute approximate surface area is 117 Å². The average Bonchev–Trinajstić information content (AvgIpc) is 2.94. The highest BCUT2D eigenvalue weighted by atomic mass is 16.5. The van der Waals surface area contributed by atoms with E-state index in [1.165, 1.54) is 0 Å². The number of methoxy groups -OCH3 is 1. The maximum Gasteiger partial charge on any atom is 0.124 e. The summed E-state index contributed by atoms with van der Waals surface area (Å²) in [6, 6.07) is 14.4. The Morgan fingerprint density at radius 1 is 1.20 bits per heavy atom. The molecule has 102 valence electrons. The summed E-state index contributed by atoms with van der Waals surface area (Å²) in [5, 5.41) is 11.6. The van der Waals surface area contributed by atoms with Gasteiger partial charge in [0.2, 0.25) is 0 Å². The third-order valence-electron chi connectivity index (χ3n) is 3.43. The minimum absolute atomic E-state index is 0.163. The molecule has 1 heterocycles. The number of hydrogen-bond donors (Lipinski definition) is 2. The maximum absolute atomic E-state index is 5.41. The van der Waals surface area contributed by atoms with Crippen molar-refractivity contribution in [2.24, 2.45) is 0 Å². The van der Waals surface area contributed by atoms with Crippen LogP contribution < -0.4 is 10.1 Å². The molecular weight excluding hydrogens is 250 g/mol. The molecule has 1 atom stereocenters. The molecule has 0 fully saturated rings. The summed E-state index contributed by atoms with van der Waals surface area (Å²) in [6.07, 6.45) is 1.83. The van der Waals surface area contributed by atoms with Crippen LogP contribution in [0.3, 0.4) is 0 Å². The van der Waals surface area contributed by atoms with Gasteiger partial charge in [-0.2, -0.15) is 5.10 Å². The van der Waals surface area contributed by atoms with Gasteiger partial charge in [-0.25, -0.2) is 0 Å². The second-order valence-corrected chi connectivity index (χ2v) is 4.78. The SMILES string of the molecule is COc1ccccc1C(C)Nc1ccc2[nH]ncc2c1. The molecule has 0 aliphatic carbocycles. The highest BCUT2D eigenvalue weighted by Crippen LogP contribution is 2.28. The van der Waals surface area contributed by atoms with Crippen molar-refractivity contribution in [3.63, 3.8) is 0 Å². The van der Waals surface area contributed by atoms with Gasteiger partial charge in [0.05, 0.1) is 24.9 Å². The van der Waals surface area contributed by atoms with Gasteiger partial charge in [0.15, 0.2) is 0 Å². The van der Waals surface area contributed by atoms with Crippen LogP contribution in [0.1, 0.15) is 18.5 Å². The van der Waals surface area contributed by atoms with E-state index in [1.54, 1.807) is 7.11 Å². The molecular formula is C16H17N3O. The van der Waals surface area contributed by atoms with E-state index in [2.05, 4.69) is 34.6 Å². The number of ether oxygens (including phenoxy) is 1. The summed E-state index contributed by atoms with van der Waals surface area (Å²) in [5.74, 6) is 0.900. The number of rotatable bonds is 4. The van der Waals surface area contributed by atoms with Gasteiger partial charge in [-0.1, -0.05) is 18.2 Å². The molecule has 3 aromatic rings. The van der Waals surface area contributed by atoms with Gasteiger partial charge in [-0.3, -0.25) is 5.10 Å². The zero-order valence-electron chi connectivity index (χ0n) is 11.6. The van der Waals surface area contributed by atoms with E-state index in [1.807, 2.05) is 36.5 Å². The van der Waals surface area contributed by atoms with Crippen LogP contribution in [0.2, 0.25) is 0 Å². The lowest BCUT2D eigenvalue weighted by atomic mass is 10.1. The fourth-order valence-electron chi connectivity index (χ4n) is 2.38.